The van der Waals surface area contributed by atoms with E-state index >= 15 is 0 Å². The van der Waals surface area contributed by atoms with Crippen LogP contribution in [0.1, 0.15) is 32.6 Å². The molecule has 0 aromatic heterocycles. The standard InChI is InChI=1S/C16H29FN4O3/c1-2-13-14(20-4-3-19-13)9-5-10(7-11(17)6-9)15(22)21-8-12(18)16(23)24/h9-14,19-20H,2-8,18H2,1H3,(H,21,22)(H,23,24). The fourth-order valence-corrected chi connectivity index (χ4v) is 3.90. The van der Waals surface area contributed by atoms with Crippen LogP contribution in [-0.4, -0.2) is 60.9 Å². The third-order valence-electron chi connectivity index (χ3n) is 5.16. The number of aliphatic carboxylic acids is 1. The molecule has 1 aliphatic heterocycles. The molecule has 0 spiro atoms. The van der Waals surface area contributed by atoms with Gasteiger partial charge in [-0.2, -0.15) is 0 Å². The monoisotopic (exact) mass is 344 g/mol. The lowest BCUT2D eigenvalue weighted by molar-refractivity contribution is -0.138. The molecule has 6 unspecified atom stereocenters. The molecule has 6 atom stereocenters. The van der Waals surface area contributed by atoms with Crippen LogP contribution in [0.3, 0.4) is 0 Å². The van der Waals surface area contributed by atoms with Gasteiger partial charge in [0.1, 0.15) is 12.2 Å². The maximum Gasteiger partial charge on any atom is 0.322 e. The Kier molecular flexibility index (Phi) is 6.94. The lowest BCUT2D eigenvalue weighted by Crippen LogP contribution is -2.60. The molecule has 7 nitrogen and oxygen atoms in total. The van der Waals surface area contributed by atoms with E-state index < -0.39 is 24.1 Å². The van der Waals surface area contributed by atoms with Gasteiger partial charge >= 0.3 is 5.97 Å². The van der Waals surface area contributed by atoms with E-state index in [0.717, 1.165) is 19.5 Å². The van der Waals surface area contributed by atoms with E-state index in [0.29, 0.717) is 12.8 Å². The van der Waals surface area contributed by atoms with Gasteiger partial charge in [0.15, 0.2) is 0 Å². The van der Waals surface area contributed by atoms with Gasteiger partial charge in [0, 0.05) is 37.6 Å². The largest absolute Gasteiger partial charge is 0.480 e. The summed E-state index contributed by atoms with van der Waals surface area (Å²) in [6.07, 6.45) is 1.23. The number of carbonyl (C=O) groups excluding carboxylic acids is 1. The summed E-state index contributed by atoms with van der Waals surface area (Å²) < 4.78 is 14.2. The number of nitrogens with one attached hydrogen (secondary N) is 3. The highest BCUT2D eigenvalue weighted by Gasteiger charge is 2.39. The second-order valence-corrected chi connectivity index (χ2v) is 6.90. The second kappa shape index (κ2) is 8.73. The first-order chi connectivity index (χ1) is 11.4. The van der Waals surface area contributed by atoms with E-state index in [1.807, 2.05) is 0 Å². The molecular formula is C16H29FN4O3. The van der Waals surface area contributed by atoms with Crippen LogP contribution < -0.4 is 21.7 Å². The molecule has 2 aliphatic rings. The molecule has 6 N–H and O–H groups in total. The van der Waals surface area contributed by atoms with Crippen molar-refractivity contribution < 1.29 is 19.1 Å². The molecule has 1 amide bonds. The van der Waals surface area contributed by atoms with Crippen LogP contribution in [-0.2, 0) is 9.59 Å². The summed E-state index contributed by atoms with van der Waals surface area (Å²) in [5.74, 6) is -1.80. The molecule has 138 valence electrons. The first-order valence-electron chi connectivity index (χ1n) is 8.79. The van der Waals surface area contributed by atoms with Gasteiger partial charge in [-0.05, 0) is 31.6 Å². The van der Waals surface area contributed by atoms with Crippen molar-refractivity contribution in [3.8, 4) is 0 Å². The molecule has 2 fully saturated rings. The van der Waals surface area contributed by atoms with Crippen molar-refractivity contribution in [1.82, 2.24) is 16.0 Å². The summed E-state index contributed by atoms with van der Waals surface area (Å²) >= 11 is 0. The van der Waals surface area contributed by atoms with Crippen molar-refractivity contribution >= 4 is 11.9 Å². The van der Waals surface area contributed by atoms with E-state index in [4.69, 9.17) is 10.8 Å². The maximum atomic E-state index is 14.2. The van der Waals surface area contributed by atoms with Gasteiger partial charge in [-0.15, -0.1) is 0 Å². The molecule has 0 aromatic carbocycles. The van der Waals surface area contributed by atoms with Crippen molar-refractivity contribution in [3.63, 3.8) is 0 Å². The van der Waals surface area contributed by atoms with Crippen LogP contribution in [0, 0.1) is 11.8 Å². The second-order valence-electron chi connectivity index (χ2n) is 6.90. The normalized spacial score (nSPS) is 35.2. The van der Waals surface area contributed by atoms with Gasteiger partial charge in [-0.1, -0.05) is 6.92 Å². The van der Waals surface area contributed by atoms with Crippen LogP contribution in [0.2, 0.25) is 0 Å². The Morgan fingerprint density at radius 3 is 2.67 bits per heavy atom. The number of amides is 1. The molecule has 1 saturated heterocycles. The number of piperazine rings is 1. The quantitative estimate of drug-likeness (QED) is 0.448. The molecular weight excluding hydrogens is 315 g/mol. The van der Waals surface area contributed by atoms with E-state index in [9.17, 15) is 14.0 Å². The smallest absolute Gasteiger partial charge is 0.322 e. The minimum absolute atomic E-state index is 0.0930. The highest BCUT2D eigenvalue weighted by atomic mass is 19.1. The lowest BCUT2D eigenvalue weighted by Gasteiger charge is -2.42. The van der Waals surface area contributed by atoms with Crippen LogP contribution in [0.15, 0.2) is 0 Å². The third kappa shape index (κ3) is 4.87. The van der Waals surface area contributed by atoms with E-state index in [1.165, 1.54) is 0 Å². The number of halogens is 1. The van der Waals surface area contributed by atoms with Crippen LogP contribution in [0.4, 0.5) is 4.39 Å². The zero-order valence-corrected chi connectivity index (χ0v) is 14.1. The Morgan fingerprint density at radius 2 is 2.00 bits per heavy atom. The van der Waals surface area contributed by atoms with Gasteiger partial charge in [-0.25, -0.2) is 4.39 Å². The maximum absolute atomic E-state index is 14.2. The van der Waals surface area contributed by atoms with Crippen molar-refractivity contribution in [2.24, 2.45) is 17.6 Å². The minimum atomic E-state index is -1.16. The summed E-state index contributed by atoms with van der Waals surface area (Å²) in [6, 6.07) is -0.680. The van der Waals surface area contributed by atoms with Crippen LogP contribution in [0.5, 0.6) is 0 Å². The number of hydrogen-bond acceptors (Lipinski definition) is 5. The minimum Gasteiger partial charge on any atom is -0.480 e. The average molecular weight is 344 g/mol. The Hall–Kier alpha value is -1.25. The Labute approximate surface area is 141 Å². The summed E-state index contributed by atoms with van der Waals surface area (Å²) in [6.45, 7) is 3.72. The predicted molar refractivity (Wildman–Crippen MR) is 88.2 cm³/mol. The van der Waals surface area contributed by atoms with Crippen LogP contribution >= 0.6 is 0 Å². The number of rotatable bonds is 6. The molecule has 0 bridgehead atoms. The lowest BCUT2D eigenvalue weighted by atomic mass is 9.74. The van der Waals surface area contributed by atoms with Gasteiger partial charge in [-0.3, -0.25) is 9.59 Å². The summed E-state index contributed by atoms with van der Waals surface area (Å²) in [7, 11) is 0. The van der Waals surface area contributed by atoms with Crippen molar-refractivity contribution in [3.05, 3.63) is 0 Å². The molecule has 1 saturated carbocycles. The Balaban J connectivity index is 1.94. The van der Waals surface area contributed by atoms with E-state index in [1.54, 1.807) is 0 Å². The Bertz CT molecular complexity index is 451. The average Bonchev–Trinajstić information content (AvgIpc) is 2.58. The van der Waals surface area contributed by atoms with Crippen molar-refractivity contribution in [2.45, 2.75) is 56.9 Å². The van der Waals surface area contributed by atoms with Gasteiger partial charge in [0.05, 0.1) is 0 Å². The molecule has 2 rings (SSSR count). The predicted octanol–water partition coefficient (Wildman–Crippen LogP) is -0.391. The number of nitrogens with two attached hydrogens (primary N) is 1. The number of hydrogen-bond donors (Lipinski definition) is 5. The molecule has 1 heterocycles. The molecule has 8 heteroatoms. The molecule has 24 heavy (non-hydrogen) atoms. The topological polar surface area (TPSA) is 116 Å². The molecule has 1 aliphatic carbocycles. The highest BCUT2D eigenvalue weighted by Crippen LogP contribution is 2.35. The third-order valence-corrected chi connectivity index (χ3v) is 5.16. The van der Waals surface area contributed by atoms with Gasteiger partial charge in [0.2, 0.25) is 5.91 Å². The zero-order valence-electron chi connectivity index (χ0n) is 14.1. The fraction of sp³-hybridized carbons (Fsp3) is 0.875. The number of alkyl halides is 1. The highest BCUT2D eigenvalue weighted by molar-refractivity contribution is 5.80. The zero-order chi connectivity index (χ0) is 17.7. The number of carboxylic acids is 1. The first kappa shape index (κ1) is 19.1. The Morgan fingerprint density at radius 1 is 1.29 bits per heavy atom. The fourth-order valence-electron chi connectivity index (χ4n) is 3.90. The van der Waals surface area contributed by atoms with E-state index in [2.05, 4.69) is 22.9 Å². The summed E-state index contributed by atoms with van der Waals surface area (Å²) in [5, 5.41) is 18.3. The van der Waals surface area contributed by atoms with Gasteiger partial charge in [0.25, 0.3) is 0 Å². The number of carbonyl (C=O) groups is 2. The molecule has 0 aromatic rings. The molecule has 0 radical (unpaired) electrons. The first-order valence-corrected chi connectivity index (χ1v) is 8.79. The number of carboxylic acid groups (broad SMARTS) is 1. The van der Waals surface area contributed by atoms with Crippen molar-refractivity contribution in [1.29, 1.82) is 0 Å². The van der Waals surface area contributed by atoms with E-state index in [-0.39, 0.29) is 36.9 Å². The summed E-state index contributed by atoms with van der Waals surface area (Å²) in [5.41, 5.74) is 5.40. The summed E-state index contributed by atoms with van der Waals surface area (Å²) in [4.78, 5) is 23.0. The SMILES string of the molecule is CCC1NCCNC1C1CC(F)CC(C(=O)NCC(N)C(=O)O)C1. The van der Waals surface area contributed by atoms with Gasteiger partial charge < -0.3 is 26.8 Å². The van der Waals surface area contributed by atoms with Crippen LogP contribution in [0.25, 0.3) is 0 Å². The van der Waals surface area contributed by atoms with Crippen molar-refractivity contribution in [2.75, 3.05) is 19.6 Å².